The number of nitrogens with two attached hydrogens (primary N) is 1. The Morgan fingerprint density at radius 1 is 1.03 bits per heavy atom. The second-order valence-corrected chi connectivity index (χ2v) is 10.1. The van der Waals surface area contributed by atoms with Crippen molar-refractivity contribution in [2.45, 2.75) is 38.5 Å². The third-order valence-corrected chi connectivity index (χ3v) is 7.88. The molecular formula is C23H23Cl2NO3. The van der Waals surface area contributed by atoms with Crippen molar-refractivity contribution in [3.8, 4) is 11.3 Å². The Kier molecular flexibility index (Phi) is 4.56. The molecule has 1 amide bonds. The third-order valence-electron chi connectivity index (χ3n) is 7.44. The van der Waals surface area contributed by atoms with E-state index in [2.05, 4.69) is 0 Å². The molecule has 6 heteroatoms. The van der Waals surface area contributed by atoms with E-state index in [1.54, 1.807) is 30.3 Å². The summed E-state index contributed by atoms with van der Waals surface area (Å²) < 4.78 is 5.85. The molecule has 152 valence electrons. The quantitative estimate of drug-likeness (QED) is 0.611. The van der Waals surface area contributed by atoms with E-state index in [9.17, 15) is 9.59 Å². The molecule has 6 rings (SSSR count). The lowest BCUT2D eigenvalue weighted by Gasteiger charge is -2.58. The molecule has 4 aliphatic carbocycles. The SMILES string of the molecule is NC(=O)C12CC3CC(C1)C(CC(=O)c1ccc(-c4cc(Cl)cc(Cl)c4)o1)C(C3)C2. The van der Waals surface area contributed by atoms with Gasteiger partial charge in [0.2, 0.25) is 5.91 Å². The van der Waals surface area contributed by atoms with Crippen LogP contribution in [0.25, 0.3) is 11.3 Å². The average Bonchev–Trinajstić information content (AvgIpc) is 3.13. The summed E-state index contributed by atoms with van der Waals surface area (Å²) >= 11 is 12.2. The first-order valence-corrected chi connectivity index (χ1v) is 11.0. The van der Waals surface area contributed by atoms with E-state index in [4.69, 9.17) is 33.4 Å². The molecule has 2 atom stereocenters. The smallest absolute Gasteiger partial charge is 0.223 e. The molecule has 0 spiro atoms. The first kappa shape index (κ1) is 19.2. The molecule has 2 aromatic rings. The van der Waals surface area contributed by atoms with Crippen molar-refractivity contribution < 1.29 is 14.0 Å². The van der Waals surface area contributed by atoms with Gasteiger partial charge in [0.05, 0.1) is 0 Å². The van der Waals surface area contributed by atoms with E-state index in [-0.39, 0.29) is 17.1 Å². The molecule has 0 saturated heterocycles. The molecule has 4 nitrogen and oxygen atoms in total. The van der Waals surface area contributed by atoms with E-state index < -0.39 is 0 Å². The number of halogens is 2. The number of amides is 1. The molecule has 1 heterocycles. The maximum Gasteiger partial charge on any atom is 0.223 e. The molecular weight excluding hydrogens is 409 g/mol. The number of hydrogen-bond acceptors (Lipinski definition) is 3. The predicted octanol–water partition coefficient (Wildman–Crippen LogP) is 5.75. The van der Waals surface area contributed by atoms with E-state index in [0.29, 0.717) is 51.7 Å². The van der Waals surface area contributed by atoms with Gasteiger partial charge in [0, 0.05) is 27.4 Å². The van der Waals surface area contributed by atoms with Crippen molar-refractivity contribution in [2.24, 2.45) is 34.8 Å². The van der Waals surface area contributed by atoms with Crippen LogP contribution in [-0.2, 0) is 4.79 Å². The highest BCUT2D eigenvalue weighted by atomic mass is 35.5. The van der Waals surface area contributed by atoms with Gasteiger partial charge in [-0.1, -0.05) is 23.2 Å². The van der Waals surface area contributed by atoms with Gasteiger partial charge in [-0.15, -0.1) is 0 Å². The molecule has 1 aromatic carbocycles. The van der Waals surface area contributed by atoms with Gasteiger partial charge in [-0.2, -0.15) is 0 Å². The molecule has 4 aliphatic rings. The van der Waals surface area contributed by atoms with E-state index in [1.807, 2.05) is 0 Å². The second kappa shape index (κ2) is 6.88. The molecule has 1 aromatic heterocycles. The molecule has 29 heavy (non-hydrogen) atoms. The fraction of sp³-hybridized carbons (Fsp3) is 0.478. The maximum atomic E-state index is 13.0. The number of carbonyl (C=O) groups excluding carboxylic acids is 2. The fourth-order valence-corrected chi connectivity index (χ4v) is 6.94. The Labute approximate surface area is 179 Å². The molecule has 2 unspecified atom stereocenters. The van der Waals surface area contributed by atoms with Crippen LogP contribution in [0.4, 0.5) is 0 Å². The van der Waals surface area contributed by atoms with Gasteiger partial charge < -0.3 is 10.2 Å². The number of carbonyl (C=O) groups is 2. The number of ketones is 1. The lowest BCUT2D eigenvalue weighted by molar-refractivity contribution is -0.149. The zero-order valence-corrected chi connectivity index (χ0v) is 17.5. The number of benzene rings is 1. The van der Waals surface area contributed by atoms with Crippen LogP contribution in [-0.4, -0.2) is 11.7 Å². The van der Waals surface area contributed by atoms with E-state index >= 15 is 0 Å². The Morgan fingerprint density at radius 2 is 1.69 bits per heavy atom. The number of furan rings is 1. The van der Waals surface area contributed by atoms with Crippen LogP contribution in [0.5, 0.6) is 0 Å². The van der Waals surface area contributed by atoms with Crippen LogP contribution in [0.3, 0.4) is 0 Å². The molecule has 4 fully saturated rings. The molecule has 0 radical (unpaired) electrons. The highest BCUT2D eigenvalue weighted by Gasteiger charge is 2.57. The van der Waals surface area contributed by atoms with Gasteiger partial charge in [-0.3, -0.25) is 9.59 Å². The molecule has 2 N–H and O–H groups in total. The lowest BCUT2D eigenvalue weighted by atomic mass is 9.45. The zero-order valence-electron chi connectivity index (χ0n) is 16.0. The maximum absolute atomic E-state index is 13.0. The standard InChI is InChI=1S/C23H23Cl2NO3/c24-16-5-13(6-17(25)7-16)20-1-2-21(29-20)19(27)8-18-14-3-12-4-15(18)11-23(9-12,10-14)22(26)28/h1-2,5-7,12,14-15,18H,3-4,8-11H2,(H2,26,28). The van der Waals surface area contributed by atoms with Gasteiger partial charge in [0.15, 0.2) is 11.5 Å². The van der Waals surface area contributed by atoms with Crippen molar-refractivity contribution >= 4 is 34.9 Å². The van der Waals surface area contributed by atoms with Crippen molar-refractivity contribution in [2.75, 3.05) is 0 Å². The van der Waals surface area contributed by atoms with Crippen LogP contribution in [0, 0.1) is 29.1 Å². The average molecular weight is 432 g/mol. The highest BCUT2D eigenvalue weighted by molar-refractivity contribution is 6.35. The third kappa shape index (κ3) is 3.30. The number of rotatable bonds is 5. The second-order valence-electron chi connectivity index (χ2n) is 9.23. The van der Waals surface area contributed by atoms with Crippen molar-refractivity contribution in [1.82, 2.24) is 0 Å². The summed E-state index contributed by atoms with van der Waals surface area (Å²) in [6, 6.07) is 8.71. The zero-order chi connectivity index (χ0) is 20.3. The Hall–Kier alpha value is -1.78. The normalized spacial score (nSPS) is 32.5. The summed E-state index contributed by atoms with van der Waals surface area (Å²) in [5.74, 6) is 2.57. The lowest BCUT2D eigenvalue weighted by Crippen LogP contribution is -2.56. The van der Waals surface area contributed by atoms with E-state index in [1.165, 1.54) is 0 Å². The number of primary amides is 1. The van der Waals surface area contributed by atoms with E-state index in [0.717, 1.165) is 37.7 Å². The van der Waals surface area contributed by atoms with Crippen LogP contribution in [0.2, 0.25) is 10.0 Å². The Balaban J connectivity index is 1.33. The van der Waals surface area contributed by atoms with Gasteiger partial charge in [-0.05, 0) is 86.1 Å². The largest absolute Gasteiger partial charge is 0.453 e. The van der Waals surface area contributed by atoms with Crippen LogP contribution < -0.4 is 5.73 Å². The summed E-state index contributed by atoms with van der Waals surface area (Å²) in [7, 11) is 0. The fourth-order valence-electron chi connectivity index (χ4n) is 6.42. The summed E-state index contributed by atoms with van der Waals surface area (Å²) in [6.07, 6.45) is 5.34. The van der Waals surface area contributed by atoms with Crippen LogP contribution in [0.15, 0.2) is 34.7 Å². The Bertz CT molecular complexity index is 962. The minimum Gasteiger partial charge on any atom is -0.453 e. The first-order chi connectivity index (χ1) is 13.8. The number of Topliss-reactive ketones (excluding diaryl/α,β-unsaturated/α-hetero) is 1. The first-order valence-electron chi connectivity index (χ1n) is 10.2. The topological polar surface area (TPSA) is 73.3 Å². The van der Waals surface area contributed by atoms with Gasteiger partial charge >= 0.3 is 0 Å². The summed E-state index contributed by atoms with van der Waals surface area (Å²) in [5.41, 5.74) is 6.20. The predicted molar refractivity (Wildman–Crippen MR) is 112 cm³/mol. The van der Waals surface area contributed by atoms with Crippen molar-refractivity contribution in [3.63, 3.8) is 0 Å². The monoisotopic (exact) mass is 431 g/mol. The van der Waals surface area contributed by atoms with Crippen molar-refractivity contribution in [3.05, 3.63) is 46.1 Å². The summed E-state index contributed by atoms with van der Waals surface area (Å²) in [6.45, 7) is 0. The Morgan fingerprint density at radius 3 is 2.31 bits per heavy atom. The van der Waals surface area contributed by atoms with Gasteiger partial charge in [-0.25, -0.2) is 0 Å². The molecule has 4 bridgehead atoms. The number of hydrogen-bond donors (Lipinski definition) is 1. The van der Waals surface area contributed by atoms with Crippen LogP contribution in [0.1, 0.15) is 49.1 Å². The van der Waals surface area contributed by atoms with Gasteiger partial charge in [0.25, 0.3) is 0 Å². The minimum absolute atomic E-state index is 0.0231. The van der Waals surface area contributed by atoms with Crippen molar-refractivity contribution in [1.29, 1.82) is 0 Å². The minimum atomic E-state index is -0.320. The molecule has 0 aliphatic heterocycles. The van der Waals surface area contributed by atoms with Gasteiger partial charge in [0.1, 0.15) is 5.76 Å². The van der Waals surface area contributed by atoms with Crippen LogP contribution >= 0.6 is 23.2 Å². The highest BCUT2D eigenvalue weighted by Crippen LogP contribution is 2.62. The summed E-state index contributed by atoms with van der Waals surface area (Å²) in [5, 5.41) is 1.04. The molecule has 4 saturated carbocycles. The summed E-state index contributed by atoms with van der Waals surface area (Å²) in [4.78, 5) is 25.1.